The molecule has 0 bridgehead atoms. The molecule has 2 rings (SSSR count). The predicted molar refractivity (Wildman–Crippen MR) is 61.8 cm³/mol. The van der Waals surface area contributed by atoms with Gasteiger partial charge in [-0.1, -0.05) is 0 Å². The number of ether oxygens (including phenoxy) is 1. The van der Waals surface area contributed by atoms with Gasteiger partial charge in [0.2, 0.25) is 10.0 Å². The zero-order chi connectivity index (χ0) is 11.6. The van der Waals surface area contributed by atoms with E-state index in [1.165, 1.54) is 0 Å². The minimum atomic E-state index is -3.15. The van der Waals surface area contributed by atoms with Crippen LogP contribution in [0.4, 0.5) is 0 Å². The molecule has 0 aromatic heterocycles. The van der Waals surface area contributed by atoms with Crippen LogP contribution in [0, 0.1) is 0 Å². The lowest BCUT2D eigenvalue weighted by atomic mass is 10.3. The summed E-state index contributed by atoms with van der Waals surface area (Å²) in [6.45, 7) is 4.71. The van der Waals surface area contributed by atoms with Crippen LogP contribution in [0.25, 0.3) is 0 Å². The first kappa shape index (κ1) is 12.3. The highest BCUT2D eigenvalue weighted by Crippen LogP contribution is 2.18. The summed E-state index contributed by atoms with van der Waals surface area (Å²) >= 11 is 0. The molecule has 6 heteroatoms. The molecule has 0 spiro atoms. The smallest absolute Gasteiger partial charge is 0.216 e. The fourth-order valence-corrected chi connectivity index (χ4v) is 4.26. The van der Waals surface area contributed by atoms with Gasteiger partial charge in [-0.3, -0.25) is 0 Å². The fraction of sp³-hybridized carbons (Fsp3) is 1.00. The molecule has 2 aliphatic rings. The SMILES string of the molecule is C[C@@H]1CNCCN1S(=O)(=O)CC1CCCO1. The minimum absolute atomic E-state index is 0.0557. The van der Waals surface area contributed by atoms with Crippen LogP contribution in [-0.4, -0.2) is 56.9 Å². The van der Waals surface area contributed by atoms with Gasteiger partial charge in [0.15, 0.2) is 0 Å². The monoisotopic (exact) mass is 248 g/mol. The highest BCUT2D eigenvalue weighted by atomic mass is 32.2. The summed E-state index contributed by atoms with van der Waals surface area (Å²) in [5, 5.41) is 3.19. The van der Waals surface area contributed by atoms with Crippen molar-refractivity contribution in [3.8, 4) is 0 Å². The van der Waals surface area contributed by atoms with Crippen molar-refractivity contribution in [1.82, 2.24) is 9.62 Å². The Kier molecular flexibility index (Phi) is 3.84. The van der Waals surface area contributed by atoms with Gasteiger partial charge in [-0.15, -0.1) is 0 Å². The third kappa shape index (κ3) is 2.74. The van der Waals surface area contributed by atoms with Crippen molar-refractivity contribution in [2.75, 3.05) is 32.0 Å². The maximum absolute atomic E-state index is 12.2. The van der Waals surface area contributed by atoms with E-state index in [1.54, 1.807) is 4.31 Å². The summed E-state index contributed by atoms with van der Waals surface area (Å²) in [5.74, 6) is 0.150. The summed E-state index contributed by atoms with van der Waals surface area (Å²) in [6.07, 6.45) is 1.77. The van der Waals surface area contributed by atoms with Gasteiger partial charge in [-0.2, -0.15) is 4.31 Å². The third-order valence-electron chi connectivity index (χ3n) is 3.22. The fourth-order valence-electron chi connectivity index (χ4n) is 2.34. The van der Waals surface area contributed by atoms with E-state index in [2.05, 4.69) is 5.32 Å². The van der Waals surface area contributed by atoms with Crippen molar-refractivity contribution in [2.24, 2.45) is 0 Å². The Labute approximate surface area is 97.2 Å². The van der Waals surface area contributed by atoms with E-state index in [0.29, 0.717) is 13.2 Å². The van der Waals surface area contributed by atoms with Crippen LogP contribution in [0.15, 0.2) is 0 Å². The Bertz CT molecular complexity index is 325. The molecule has 0 aromatic rings. The molecule has 2 saturated heterocycles. The van der Waals surface area contributed by atoms with E-state index in [1.807, 2.05) is 6.92 Å². The molecule has 2 atom stereocenters. The van der Waals surface area contributed by atoms with Crippen molar-refractivity contribution >= 4 is 10.0 Å². The van der Waals surface area contributed by atoms with Gasteiger partial charge in [0.25, 0.3) is 0 Å². The number of piperazine rings is 1. The molecular formula is C10H20N2O3S. The maximum Gasteiger partial charge on any atom is 0.216 e. The van der Waals surface area contributed by atoms with E-state index in [0.717, 1.165) is 25.9 Å². The Balaban J connectivity index is 1.99. The number of hydrogen-bond acceptors (Lipinski definition) is 4. The number of nitrogens with one attached hydrogen (secondary N) is 1. The topological polar surface area (TPSA) is 58.6 Å². The van der Waals surface area contributed by atoms with Gasteiger partial charge in [0.05, 0.1) is 11.9 Å². The van der Waals surface area contributed by atoms with E-state index in [9.17, 15) is 8.42 Å². The Hall–Kier alpha value is -0.170. The predicted octanol–water partition coefficient (Wildman–Crippen LogP) is -0.211. The first-order valence-electron chi connectivity index (χ1n) is 5.91. The lowest BCUT2D eigenvalue weighted by Gasteiger charge is -2.33. The van der Waals surface area contributed by atoms with Crippen molar-refractivity contribution in [1.29, 1.82) is 0 Å². The minimum Gasteiger partial charge on any atom is -0.377 e. The Morgan fingerprint density at radius 1 is 1.50 bits per heavy atom. The number of nitrogens with zero attached hydrogens (tertiary/aromatic N) is 1. The maximum atomic E-state index is 12.2. The third-order valence-corrected chi connectivity index (χ3v) is 5.27. The largest absolute Gasteiger partial charge is 0.377 e. The van der Waals surface area contributed by atoms with Crippen LogP contribution in [0.1, 0.15) is 19.8 Å². The molecule has 0 aromatic carbocycles. The number of rotatable bonds is 3. The quantitative estimate of drug-likeness (QED) is 0.751. The summed E-state index contributed by atoms with van der Waals surface area (Å²) in [7, 11) is -3.15. The van der Waals surface area contributed by atoms with Crippen molar-refractivity contribution in [2.45, 2.75) is 31.9 Å². The van der Waals surface area contributed by atoms with Crippen molar-refractivity contribution < 1.29 is 13.2 Å². The highest BCUT2D eigenvalue weighted by Gasteiger charge is 2.32. The summed E-state index contributed by atoms with van der Waals surface area (Å²) in [5.41, 5.74) is 0. The standard InChI is InChI=1S/C10H20N2O3S/c1-9-7-11-4-5-12(9)16(13,14)8-10-3-2-6-15-10/h9-11H,2-8H2,1H3/t9-,10?/m1/s1. The molecule has 94 valence electrons. The number of hydrogen-bond donors (Lipinski definition) is 1. The molecular weight excluding hydrogens is 228 g/mol. The van der Waals surface area contributed by atoms with Gasteiger partial charge in [-0.05, 0) is 19.8 Å². The van der Waals surface area contributed by atoms with Crippen LogP contribution in [0.2, 0.25) is 0 Å². The lowest BCUT2D eigenvalue weighted by Crippen LogP contribution is -2.53. The Morgan fingerprint density at radius 2 is 2.31 bits per heavy atom. The molecule has 5 nitrogen and oxygen atoms in total. The first-order valence-corrected chi connectivity index (χ1v) is 7.52. The van der Waals surface area contributed by atoms with Gasteiger partial charge in [0, 0.05) is 32.3 Å². The Morgan fingerprint density at radius 3 is 2.94 bits per heavy atom. The van der Waals surface area contributed by atoms with Crippen LogP contribution in [0.3, 0.4) is 0 Å². The van der Waals surface area contributed by atoms with Crippen LogP contribution in [-0.2, 0) is 14.8 Å². The van der Waals surface area contributed by atoms with Crippen LogP contribution < -0.4 is 5.32 Å². The van der Waals surface area contributed by atoms with Crippen LogP contribution >= 0.6 is 0 Å². The van der Waals surface area contributed by atoms with E-state index < -0.39 is 10.0 Å². The van der Waals surface area contributed by atoms with Crippen molar-refractivity contribution in [3.05, 3.63) is 0 Å². The van der Waals surface area contributed by atoms with E-state index >= 15 is 0 Å². The molecule has 2 heterocycles. The number of sulfonamides is 1. The molecule has 0 aliphatic carbocycles. The molecule has 0 radical (unpaired) electrons. The summed E-state index contributed by atoms with van der Waals surface area (Å²) in [6, 6.07) is 0.0557. The second-order valence-corrected chi connectivity index (χ2v) is 6.54. The summed E-state index contributed by atoms with van der Waals surface area (Å²) in [4.78, 5) is 0. The molecule has 0 amide bonds. The molecule has 1 N–H and O–H groups in total. The second-order valence-electron chi connectivity index (χ2n) is 4.58. The van der Waals surface area contributed by atoms with Crippen molar-refractivity contribution in [3.63, 3.8) is 0 Å². The van der Waals surface area contributed by atoms with Gasteiger partial charge in [-0.25, -0.2) is 8.42 Å². The highest BCUT2D eigenvalue weighted by molar-refractivity contribution is 7.89. The van der Waals surface area contributed by atoms with E-state index in [-0.39, 0.29) is 17.9 Å². The van der Waals surface area contributed by atoms with Crippen LogP contribution in [0.5, 0.6) is 0 Å². The zero-order valence-electron chi connectivity index (χ0n) is 9.68. The van der Waals surface area contributed by atoms with Gasteiger partial charge >= 0.3 is 0 Å². The lowest BCUT2D eigenvalue weighted by molar-refractivity contribution is 0.125. The molecule has 2 aliphatic heterocycles. The zero-order valence-corrected chi connectivity index (χ0v) is 10.5. The first-order chi connectivity index (χ1) is 7.59. The van der Waals surface area contributed by atoms with E-state index in [4.69, 9.17) is 4.74 Å². The average Bonchev–Trinajstić information content (AvgIpc) is 2.70. The molecule has 0 saturated carbocycles. The normalized spacial score (nSPS) is 33.1. The average molecular weight is 248 g/mol. The molecule has 16 heavy (non-hydrogen) atoms. The second kappa shape index (κ2) is 5.00. The molecule has 1 unspecified atom stereocenters. The van der Waals surface area contributed by atoms with Gasteiger partial charge in [0.1, 0.15) is 0 Å². The van der Waals surface area contributed by atoms with Gasteiger partial charge < -0.3 is 10.1 Å². The summed E-state index contributed by atoms with van der Waals surface area (Å²) < 4.78 is 31.3. The molecule has 2 fully saturated rings.